The van der Waals surface area contributed by atoms with Crippen molar-refractivity contribution in [3.63, 3.8) is 0 Å². The van der Waals surface area contributed by atoms with Crippen molar-refractivity contribution in [1.82, 2.24) is 18.8 Å². The zero-order chi connectivity index (χ0) is 23.4. The number of hydrogen-bond acceptors (Lipinski definition) is 6. The van der Waals surface area contributed by atoms with Crippen molar-refractivity contribution >= 4 is 27.0 Å². The third-order valence-electron chi connectivity index (χ3n) is 5.53. The molecule has 0 spiro atoms. The van der Waals surface area contributed by atoms with Gasteiger partial charge in [0.2, 0.25) is 5.91 Å². The second-order valence-electron chi connectivity index (χ2n) is 7.74. The number of para-hydroxylation sites is 2. The molecule has 0 atom stereocenters. The van der Waals surface area contributed by atoms with E-state index >= 15 is 0 Å². The number of halogens is 1. The molecule has 0 saturated carbocycles. The highest BCUT2D eigenvalue weighted by Gasteiger charge is 2.26. The number of morpholine rings is 1. The van der Waals surface area contributed by atoms with E-state index < -0.39 is 21.5 Å². The number of benzene rings is 2. The van der Waals surface area contributed by atoms with E-state index in [1.165, 1.54) is 6.07 Å². The lowest BCUT2D eigenvalue weighted by atomic mass is 10.3. The van der Waals surface area contributed by atoms with E-state index in [2.05, 4.69) is 10.2 Å². The Bertz CT molecular complexity index is 1290. The van der Waals surface area contributed by atoms with E-state index in [0.717, 1.165) is 54.9 Å². The van der Waals surface area contributed by atoms with Gasteiger partial charge in [0.1, 0.15) is 12.4 Å². The predicted octanol–water partition coefficient (Wildman–Crippen LogP) is 1.02. The average Bonchev–Trinajstić information content (AvgIpc) is 3.09. The summed E-state index contributed by atoms with van der Waals surface area (Å²) < 4.78 is 46.7. The highest BCUT2D eigenvalue weighted by atomic mass is 32.2. The number of imidazole rings is 1. The number of ether oxygens (including phenoxy) is 1. The first-order valence-corrected chi connectivity index (χ1v) is 12.1. The van der Waals surface area contributed by atoms with Gasteiger partial charge in [-0.3, -0.25) is 14.3 Å². The Morgan fingerprint density at radius 2 is 1.70 bits per heavy atom. The quantitative estimate of drug-likeness (QED) is 0.487. The fraction of sp³-hybridized carbons (Fsp3) is 0.364. The molecule has 33 heavy (non-hydrogen) atoms. The van der Waals surface area contributed by atoms with Gasteiger partial charge in [-0.25, -0.2) is 17.6 Å². The van der Waals surface area contributed by atoms with Crippen LogP contribution in [-0.2, 0) is 26.1 Å². The molecule has 11 heteroatoms. The lowest BCUT2D eigenvalue weighted by Crippen LogP contribution is -2.39. The number of carbonyl (C=O) groups excluding carboxylic acids is 1. The van der Waals surface area contributed by atoms with Gasteiger partial charge in [0, 0.05) is 19.6 Å². The van der Waals surface area contributed by atoms with E-state index in [4.69, 9.17) is 4.74 Å². The van der Waals surface area contributed by atoms with Crippen molar-refractivity contribution in [2.24, 2.45) is 0 Å². The molecule has 0 bridgehead atoms. The molecule has 3 aromatic rings. The molecular formula is C22H25FN4O5S. The van der Waals surface area contributed by atoms with Crippen LogP contribution >= 0.6 is 0 Å². The Morgan fingerprint density at radius 3 is 2.39 bits per heavy atom. The first-order chi connectivity index (χ1) is 15.9. The van der Waals surface area contributed by atoms with Gasteiger partial charge in [0.05, 0.1) is 29.1 Å². The Kier molecular flexibility index (Phi) is 6.91. The molecule has 2 aromatic carbocycles. The van der Waals surface area contributed by atoms with Crippen LogP contribution in [0.1, 0.15) is 6.42 Å². The summed E-state index contributed by atoms with van der Waals surface area (Å²) in [6.07, 6.45) is 0.751. The number of amides is 1. The number of carbonyl (C=O) groups is 1. The highest BCUT2D eigenvalue weighted by Crippen LogP contribution is 2.20. The Labute approximate surface area is 190 Å². The topological polar surface area (TPSA) is 103 Å². The molecule has 1 N–H and O–H groups in total. The fourth-order valence-corrected chi connectivity index (χ4v) is 5.24. The maximum atomic E-state index is 13.3. The van der Waals surface area contributed by atoms with Crippen LogP contribution in [0.2, 0.25) is 0 Å². The van der Waals surface area contributed by atoms with Gasteiger partial charge in [-0.05, 0) is 49.4 Å². The Morgan fingerprint density at radius 1 is 1.03 bits per heavy atom. The van der Waals surface area contributed by atoms with Gasteiger partial charge in [0.25, 0.3) is 10.0 Å². The van der Waals surface area contributed by atoms with Gasteiger partial charge in [-0.15, -0.1) is 0 Å². The molecule has 1 aliphatic rings. The van der Waals surface area contributed by atoms with E-state index in [0.29, 0.717) is 29.2 Å². The Hall–Kier alpha value is -3.02. The third kappa shape index (κ3) is 5.00. The summed E-state index contributed by atoms with van der Waals surface area (Å²) in [5.74, 6) is -0.977. The predicted molar refractivity (Wildman–Crippen MR) is 120 cm³/mol. The summed E-state index contributed by atoms with van der Waals surface area (Å²) in [6.45, 7) is 4.11. The first-order valence-electron chi connectivity index (χ1n) is 10.7. The van der Waals surface area contributed by atoms with Gasteiger partial charge in [-0.1, -0.05) is 12.1 Å². The number of aromatic nitrogens is 2. The summed E-state index contributed by atoms with van der Waals surface area (Å²) in [5, 5.41) is 2.79. The molecular weight excluding hydrogens is 451 g/mol. The molecule has 1 fully saturated rings. The van der Waals surface area contributed by atoms with Crippen LogP contribution < -0.4 is 11.0 Å². The van der Waals surface area contributed by atoms with Gasteiger partial charge in [0.15, 0.2) is 0 Å². The summed E-state index contributed by atoms with van der Waals surface area (Å²) in [7, 11) is -4.29. The SMILES string of the molecule is O=C(Cn1c(=O)n(S(=O)(=O)c2ccc(F)cc2)c2ccccc21)NCCCN1CCOCC1. The first kappa shape index (κ1) is 23.1. The number of hydrogen-bond donors (Lipinski definition) is 1. The van der Waals surface area contributed by atoms with Crippen molar-refractivity contribution in [2.75, 3.05) is 39.4 Å². The van der Waals surface area contributed by atoms with Crippen LogP contribution in [0, 0.1) is 5.82 Å². The van der Waals surface area contributed by atoms with Crippen molar-refractivity contribution in [3.8, 4) is 0 Å². The van der Waals surface area contributed by atoms with Crippen LogP contribution in [-0.4, -0.2) is 67.2 Å². The van der Waals surface area contributed by atoms with E-state index in [9.17, 15) is 22.4 Å². The van der Waals surface area contributed by atoms with Crippen LogP contribution in [0.5, 0.6) is 0 Å². The molecule has 2 heterocycles. The minimum absolute atomic E-state index is 0.145. The summed E-state index contributed by atoms with van der Waals surface area (Å²) in [4.78, 5) is 27.7. The summed E-state index contributed by atoms with van der Waals surface area (Å²) in [5.41, 5.74) is -0.396. The zero-order valence-electron chi connectivity index (χ0n) is 17.9. The second-order valence-corrected chi connectivity index (χ2v) is 9.53. The van der Waals surface area contributed by atoms with E-state index in [-0.39, 0.29) is 22.9 Å². The number of rotatable bonds is 8. The van der Waals surface area contributed by atoms with E-state index in [1.54, 1.807) is 18.2 Å². The lowest BCUT2D eigenvalue weighted by Gasteiger charge is -2.26. The number of fused-ring (bicyclic) bond motifs is 1. The molecule has 0 aliphatic carbocycles. The number of nitrogens with one attached hydrogen (secondary N) is 1. The molecule has 9 nitrogen and oxygen atoms in total. The molecule has 176 valence electrons. The van der Waals surface area contributed by atoms with Crippen LogP contribution in [0.15, 0.2) is 58.2 Å². The standard InChI is InChI=1S/C22H25FN4O5S/c23-17-6-8-18(9-7-17)33(30,31)27-20-5-2-1-4-19(20)26(22(27)29)16-21(28)24-10-3-11-25-12-14-32-15-13-25/h1-2,4-9H,3,10-16H2,(H,24,28). The molecule has 0 radical (unpaired) electrons. The second kappa shape index (κ2) is 9.86. The van der Waals surface area contributed by atoms with Crippen LogP contribution in [0.4, 0.5) is 4.39 Å². The third-order valence-corrected chi connectivity index (χ3v) is 7.23. The molecule has 4 rings (SSSR count). The largest absolute Gasteiger partial charge is 0.379 e. The van der Waals surface area contributed by atoms with Crippen molar-refractivity contribution in [1.29, 1.82) is 0 Å². The van der Waals surface area contributed by atoms with Gasteiger partial charge >= 0.3 is 5.69 Å². The number of nitrogens with zero attached hydrogens (tertiary/aromatic N) is 3. The van der Waals surface area contributed by atoms with Crippen molar-refractivity contribution < 1.29 is 22.3 Å². The van der Waals surface area contributed by atoms with Crippen LogP contribution in [0.3, 0.4) is 0 Å². The van der Waals surface area contributed by atoms with Crippen molar-refractivity contribution in [3.05, 3.63) is 64.8 Å². The summed E-state index contributed by atoms with van der Waals surface area (Å²) >= 11 is 0. The molecule has 1 saturated heterocycles. The van der Waals surface area contributed by atoms with Gasteiger partial charge < -0.3 is 10.1 Å². The molecule has 1 aliphatic heterocycles. The summed E-state index contributed by atoms with van der Waals surface area (Å²) in [6, 6.07) is 10.6. The maximum absolute atomic E-state index is 13.3. The average molecular weight is 477 g/mol. The lowest BCUT2D eigenvalue weighted by molar-refractivity contribution is -0.121. The van der Waals surface area contributed by atoms with Gasteiger partial charge in [-0.2, -0.15) is 3.97 Å². The molecule has 1 aromatic heterocycles. The monoisotopic (exact) mass is 476 g/mol. The Balaban J connectivity index is 1.53. The molecule has 1 amide bonds. The van der Waals surface area contributed by atoms with Crippen LogP contribution in [0.25, 0.3) is 11.0 Å². The van der Waals surface area contributed by atoms with E-state index in [1.807, 2.05) is 0 Å². The normalized spacial score (nSPS) is 15.1. The van der Waals surface area contributed by atoms with Crippen molar-refractivity contribution in [2.45, 2.75) is 17.9 Å². The minimum Gasteiger partial charge on any atom is -0.379 e. The smallest absolute Gasteiger partial charge is 0.343 e. The maximum Gasteiger partial charge on any atom is 0.343 e. The highest BCUT2D eigenvalue weighted by molar-refractivity contribution is 7.90. The molecule has 0 unspecified atom stereocenters. The fourth-order valence-electron chi connectivity index (χ4n) is 3.83. The minimum atomic E-state index is -4.29. The zero-order valence-corrected chi connectivity index (χ0v) is 18.8.